The van der Waals surface area contributed by atoms with Gasteiger partial charge >= 0.3 is 5.97 Å². The van der Waals surface area contributed by atoms with E-state index in [1.807, 2.05) is 11.9 Å². The van der Waals surface area contributed by atoms with Gasteiger partial charge in [-0.05, 0) is 19.3 Å². The highest BCUT2D eigenvalue weighted by atomic mass is 16.5. The van der Waals surface area contributed by atoms with Gasteiger partial charge in [-0.2, -0.15) is 0 Å². The standard InChI is InChI=1S/C12H22N2O4/c1-2-13-7-5-6-11(15)14(13)8-3-4-9-18-10-12(16)17/h2-10H2,1H3,(H,16,17). The number of nitrogens with zero attached hydrogens (tertiary/aromatic N) is 2. The topological polar surface area (TPSA) is 70.1 Å². The zero-order valence-corrected chi connectivity index (χ0v) is 10.9. The Balaban J connectivity index is 2.16. The molecule has 1 saturated heterocycles. The van der Waals surface area contributed by atoms with Gasteiger partial charge in [0, 0.05) is 32.7 Å². The Morgan fingerprint density at radius 1 is 1.44 bits per heavy atom. The molecular formula is C12H22N2O4. The number of hydrazine groups is 1. The maximum atomic E-state index is 11.7. The molecule has 0 atom stereocenters. The van der Waals surface area contributed by atoms with Crippen molar-refractivity contribution in [3.63, 3.8) is 0 Å². The number of carbonyl (C=O) groups is 2. The van der Waals surface area contributed by atoms with E-state index in [0.29, 0.717) is 19.6 Å². The number of rotatable bonds is 8. The van der Waals surface area contributed by atoms with E-state index in [2.05, 4.69) is 5.01 Å². The van der Waals surface area contributed by atoms with Gasteiger partial charge in [-0.25, -0.2) is 9.80 Å². The van der Waals surface area contributed by atoms with Gasteiger partial charge in [0.05, 0.1) is 0 Å². The molecule has 1 fully saturated rings. The fraction of sp³-hybridized carbons (Fsp3) is 0.833. The number of carboxylic acids is 1. The average Bonchev–Trinajstić information content (AvgIpc) is 2.34. The summed E-state index contributed by atoms with van der Waals surface area (Å²) in [5.74, 6) is -0.757. The van der Waals surface area contributed by atoms with Crippen LogP contribution in [0, 0.1) is 0 Å². The van der Waals surface area contributed by atoms with Crippen molar-refractivity contribution in [2.45, 2.75) is 32.6 Å². The number of hydrogen-bond donors (Lipinski definition) is 1. The van der Waals surface area contributed by atoms with Crippen LogP contribution in [0.15, 0.2) is 0 Å². The van der Waals surface area contributed by atoms with Crippen LogP contribution in [0.1, 0.15) is 32.6 Å². The molecule has 0 radical (unpaired) electrons. The molecule has 0 saturated carbocycles. The van der Waals surface area contributed by atoms with E-state index in [4.69, 9.17) is 9.84 Å². The van der Waals surface area contributed by atoms with Crippen molar-refractivity contribution >= 4 is 11.9 Å². The molecule has 1 amide bonds. The smallest absolute Gasteiger partial charge is 0.329 e. The summed E-state index contributed by atoms with van der Waals surface area (Å²) in [6, 6.07) is 0. The summed E-state index contributed by atoms with van der Waals surface area (Å²) in [6.45, 7) is 4.72. The predicted octanol–water partition coefficient (Wildman–Crippen LogP) is 0.727. The van der Waals surface area contributed by atoms with Gasteiger partial charge in [0.15, 0.2) is 0 Å². The van der Waals surface area contributed by atoms with Crippen LogP contribution < -0.4 is 0 Å². The predicted molar refractivity (Wildman–Crippen MR) is 65.9 cm³/mol. The van der Waals surface area contributed by atoms with Crippen LogP contribution in [-0.2, 0) is 14.3 Å². The lowest BCUT2D eigenvalue weighted by Crippen LogP contribution is -2.50. The van der Waals surface area contributed by atoms with Crippen LogP contribution in [0.4, 0.5) is 0 Å². The van der Waals surface area contributed by atoms with Crippen LogP contribution in [0.25, 0.3) is 0 Å². The number of ether oxygens (including phenoxy) is 1. The molecule has 6 heteroatoms. The SMILES string of the molecule is CCN1CCCC(=O)N1CCCCOCC(=O)O. The molecule has 0 aliphatic carbocycles. The first-order chi connectivity index (χ1) is 8.65. The van der Waals surface area contributed by atoms with Gasteiger partial charge in [0.25, 0.3) is 0 Å². The first-order valence-corrected chi connectivity index (χ1v) is 6.50. The summed E-state index contributed by atoms with van der Waals surface area (Å²) in [5.41, 5.74) is 0. The Hall–Kier alpha value is -1.14. The zero-order valence-electron chi connectivity index (χ0n) is 10.9. The number of carbonyl (C=O) groups excluding carboxylic acids is 1. The van der Waals surface area contributed by atoms with E-state index in [9.17, 15) is 9.59 Å². The second kappa shape index (κ2) is 8.05. The number of amides is 1. The van der Waals surface area contributed by atoms with Crippen molar-refractivity contribution < 1.29 is 19.4 Å². The highest BCUT2D eigenvalue weighted by Crippen LogP contribution is 2.12. The zero-order chi connectivity index (χ0) is 13.4. The van der Waals surface area contributed by atoms with Gasteiger partial charge < -0.3 is 9.84 Å². The molecule has 104 valence electrons. The van der Waals surface area contributed by atoms with Crippen molar-refractivity contribution in [1.29, 1.82) is 0 Å². The average molecular weight is 258 g/mol. The molecule has 1 N–H and O–H groups in total. The van der Waals surface area contributed by atoms with E-state index in [-0.39, 0.29) is 12.5 Å². The van der Waals surface area contributed by atoms with Crippen molar-refractivity contribution in [3.05, 3.63) is 0 Å². The Kier molecular flexibility index (Phi) is 6.67. The van der Waals surface area contributed by atoms with Gasteiger partial charge in [-0.15, -0.1) is 0 Å². The Labute approximate surface area is 107 Å². The van der Waals surface area contributed by atoms with Crippen molar-refractivity contribution in [2.75, 3.05) is 32.8 Å². The summed E-state index contributed by atoms with van der Waals surface area (Å²) in [6.07, 6.45) is 3.17. The van der Waals surface area contributed by atoms with E-state index >= 15 is 0 Å². The molecule has 0 aromatic carbocycles. The molecule has 1 aliphatic heterocycles. The molecule has 1 rings (SSSR count). The van der Waals surface area contributed by atoms with Crippen LogP contribution in [0.3, 0.4) is 0 Å². The second-order valence-corrected chi connectivity index (χ2v) is 4.32. The normalized spacial score (nSPS) is 17.2. The number of hydrogen-bond acceptors (Lipinski definition) is 4. The minimum Gasteiger partial charge on any atom is -0.480 e. The highest BCUT2D eigenvalue weighted by Gasteiger charge is 2.23. The largest absolute Gasteiger partial charge is 0.480 e. The first kappa shape index (κ1) is 14.9. The van der Waals surface area contributed by atoms with Crippen LogP contribution >= 0.6 is 0 Å². The molecule has 18 heavy (non-hydrogen) atoms. The second-order valence-electron chi connectivity index (χ2n) is 4.32. The van der Waals surface area contributed by atoms with Gasteiger partial charge in [0.1, 0.15) is 6.61 Å². The minimum atomic E-state index is -0.946. The molecular weight excluding hydrogens is 236 g/mol. The summed E-state index contributed by atoms with van der Waals surface area (Å²) in [7, 11) is 0. The lowest BCUT2D eigenvalue weighted by Gasteiger charge is -2.37. The van der Waals surface area contributed by atoms with Crippen LogP contribution in [0.5, 0.6) is 0 Å². The number of aliphatic carboxylic acids is 1. The molecule has 0 bridgehead atoms. The summed E-state index contributed by atoms with van der Waals surface area (Å²) < 4.78 is 4.95. The van der Waals surface area contributed by atoms with E-state index < -0.39 is 5.97 Å². The van der Waals surface area contributed by atoms with Crippen molar-refractivity contribution in [1.82, 2.24) is 10.0 Å². The Bertz CT molecular complexity index is 283. The Morgan fingerprint density at radius 3 is 2.89 bits per heavy atom. The Morgan fingerprint density at radius 2 is 2.22 bits per heavy atom. The fourth-order valence-electron chi connectivity index (χ4n) is 2.04. The quantitative estimate of drug-likeness (QED) is 0.650. The maximum Gasteiger partial charge on any atom is 0.329 e. The molecule has 1 aliphatic rings. The molecule has 0 spiro atoms. The van der Waals surface area contributed by atoms with E-state index in [1.165, 1.54) is 0 Å². The van der Waals surface area contributed by atoms with Crippen molar-refractivity contribution in [3.8, 4) is 0 Å². The summed E-state index contributed by atoms with van der Waals surface area (Å²) in [4.78, 5) is 22.0. The van der Waals surface area contributed by atoms with E-state index in [1.54, 1.807) is 0 Å². The lowest BCUT2D eigenvalue weighted by atomic mass is 10.2. The van der Waals surface area contributed by atoms with Gasteiger partial charge in [-0.1, -0.05) is 6.92 Å². The molecule has 1 heterocycles. The monoisotopic (exact) mass is 258 g/mol. The molecule has 0 aromatic heterocycles. The first-order valence-electron chi connectivity index (χ1n) is 6.50. The van der Waals surface area contributed by atoms with Crippen molar-refractivity contribution in [2.24, 2.45) is 0 Å². The summed E-state index contributed by atoms with van der Waals surface area (Å²) in [5, 5.41) is 12.3. The minimum absolute atomic E-state index is 0.189. The van der Waals surface area contributed by atoms with Crippen LogP contribution in [-0.4, -0.2) is 59.8 Å². The molecule has 0 aromatic rings. The van der Waals surface area contributed by atoms with Crippen LogP contribution in [0.2, 0.25) is 0 Å². The van der Waals surface area contributed by atoms with Gasteiger partial charge in [0.2, 0.25) is 5.91 Å². The lowest BCUT2D eigenvalue weighted by molar-refractivity contribution is -0.155. The number of unbranched alkanes of at least 4 members (excludes halogenated alkanes) is 1. The number of carboxylic acid groups (broad SMARTS) is 1. The molecule has 0 unspecified atom stereocenters. The fourth-order valence-corrected chi connectivity index (χ4v) is 2.04. The van der Waals surface area contributed by atoms with Gasteiger partial charge in [-0.3, -0.25) is 9.80 Å². The summed E-state index contributed by atoms with van der Waals surface area (Å²) >= 11 is 0. The molecule has 6 nitrogen and oxygen atoms in total. The third-order valence-corrected chi connectivity index (χ3v) is 2.94. The van der Waals surface area contributed by atoms with E-state index in [0.717, 1.165) is 32.4 Å². The highest BCUT2D eigenvalue weighted by molar-refractivity contribution is 5.76. The third kappa shape index (κ3) is 5.01. The maximum absolute atomic E-state index is 11.7. The third-order valence-electron chi connectivity index (χ3n) is 2.94.